The molecule has 0 unspecified atom stereocenters. The minimum absolute atomic E-state index is 0.244. The topological polar surface area (TPSA) is 258 Å². The van der Waals surface area contributed by atoms with E-state index >= 15 is 0 Å². The van der Waals surface area contributed by atoms with Gasteiger partial charge in [-0.05, 0) is 0 Å². The third-order valence-electron chi connectivity index (χ3n) is 6.06. The number of ether oxygens (including phenoxy) is 4. The monoisotopic (exact) mass is 504 g/mol. The average molecular weight is 504 g/mol. The fourth-order valence-electron chi connectivity index (χ4n) is 3.93. The van der Waals surface area contributed by atoms with Gasteiger partial charge in [0, 0.05) is 0 Å². The number of aliphatic hydroxyl groups is 10. The Morgan fingerprint density at radius 3 is 2.03 bits per heavy atom. The van der Waals surface area contributed by atoms with Gasteiger partial charge in [0.15, 0.2) is 6.29 Å². The van der Waals surface area contributed by atoms with E-state index in [0.717, 1.165) is 0 Å². The van der Waals surface area contributed by atoms with Crippen LogP contribution in [0.25, 0.3) is 0 Å². The fraction of sp³-hybridized carbons (Fsp3) is 1.00. The van der Waals surface area contributed by atoms with E-state index in [-0.39, 0.29) is 6.61 Å². The molecule has 3 fully saturated rings. The summed E-state index contributed by atoms with van der Waals surface area (Å²) >= 11 is 0. The van der Waals surface area contributed by atoms with Crippen LogP contribution in [0.3, 0.4) is 0 Å². The molecule has 34 heavy (non-hydrogen) atoms. The molecule has 3 saturated heterocycles. The van der Waals surface area contributed by atoms with Gasteiger partial charge < -0.3 is 70.0 Å². The Bertz CT molecular complexity index is 639. The molecule has 16 heteroatoms. The molecule has 200 valence electrons. The maximum absolute atomic E-state index is 10.3. The van der Waals surface area contributed by atoms with Crippen molar-refractivity contribution in [2.75, 3.05) is 33.0 Å². The summed E-state index contributed by atoms with van der Waals surface area (Å²) in [5.41, 5.74) is 0. The number of hydrogen-bond donors (Lipinski definition) is 10. The van der Waals surface area contributed by atoms with Crippen LogP contribution in [0.15, 0.2) is 0 Å². The Kier molecular flexibility index (Phi) is 9.54. The number of rotatable bonds is 9. The highest BCUT2D eigenvalue weighted by Crippen LogP contribution is 2.36. The average Bonchev–Trinajstić information content (AvgIpc) is 3.08. The Hall–Kier alpha value is -0.640. The van der Waals surface area contributed by atoms with Crippen molar-refractivity contribution in [3.05, 3.63) is 0 Å². The lowest BCUT2D eigenvalue weighted by Crippen LogP contribution is -2.63. The summed E-state index contributed by atoms with van der Waals surface area (Å²) in [6, 6.07) is 0. The summed E-state index contributed by atoms with van der Waals surface area (Å²) in [6.45, 7) is -3.20. The Balaban J connectivity index is 1.64. The van der Waals surface area contributed by atoms with Gasteiger partial charge in [-0.3, -0.25) is 0 Å². The summed E-state index contributed by atoms with van der Waals surface area (Å²) in [5.74, 6) is -2.34. The molecule has 0 aliphatic carbocycles. The van der Waals surface area contributed by atoms with Crippen molar-refractivity contribution in [2.24, 2.45) is 0 Å². The van der Waals surface area contributed by atoms with Gasteiger partial charge in [-0.1, -0.05) is 0 Å². The lowest BCUT2D eigenvalue weighted by atomic mass is 9.99. The van der Waals surface area contributed by atoms with Crippen molar-refractivity contribution in [3.63, 3.8) is 0 Å². The molecule has 0 aromatic rings. The van der Waals surface area contributed by atoms with Gasteiger partial charge in [0.25, 0.3) is 0 Å². The van der Waals surface area contributed by atoms with Crippen LogP contribution >= 0.6 is 0 Å². The molecular weight excluding hydrogens is 472 g/mol. The molecule has 10 N–H and O–H groups in total. The van der Waals surface area contributed by atoms with Crippen molar-refractivity contribution in [1.29, 1.82) is 0 Å². The summed E-state index contributed by atoms with van der Waals surface area (Å²) in [6.07, 6.45) is -18.7. The standard InChI is InChI=1S/C18H32O16/c19-1-7-12(25)16(28)18(5-21,32-7)33-17-14(27)13(26)11(24)9(31-17)4-30-34-15-8(2-20)29-3-6(22)10(15)23/h6-17,19-28H,1-5H2/t6-,7+,8+,9+,10+,11+,12+,13-,14+,15-,16-,17+,18-/m0/s1. The van der Waals surface area contributed by atoms with E-state index in [1.54, 1.807) is 0 Å². The van der Waals surface area contributed by atoms with E-state index in [1.807, 2.05) is 0 Å². The largest absolute Gasteiger partial charge is 0.394 e. The second-order valence-electron chi connectivity index (χ2n) is 8.33. The summed E-state index contributed by atoms with van der Waals surface area (Å²) in [4.78, 5) is 9.98. The van der Waals surface area contributed by atoms with E-state index in [0.29, 0.717) is 0 Å². The molecular formula is C18H32O16. The van der Waals surface area contributed by atoms with Crippen LogP contribution in [-0.2, 0) is 28.7 Å². The lowest BCUT2D eigenvalue weighted by molar-refractivity contribution is -0.410. The first-order valence-corrected chi connectivity index (χ1v) is 10.6. The molecule has 0 aromatic carbocycles. The van der Waals surface area contributed by atoms with Gasteiger partial charge in [0.2, 0.25) is 5.79 Å². The predicted octanol–water partition coefficient (Wildman–Crippen LogP) is -6.96. The maximum atomic E-state index is 10.3. The molecule has 0 radical (unpaired) electrons. The van der Waals surface area contributed by atoms with Gasteiger partial charge in [0.1, 0.15) is 80.4 Å². The van der Waals surface area contributed by atoms with Gasteiger partial charge in [-0.25, -0.2) is 9.78 Å². The first-order valence-electron chi connectivity index (χ1n) is 10.6. The van der Waals surface area contributed by atoms with Crippen molar-refractivity contribution >= 4 is 0 Å². The highest BCUT2D eigenvalue weighted by Gasteiger charge is 2.58. The van der Waals surface area contributed by atoms with Crippen molar-refractivity contribution in [3.8, 4) is 0 Å². The van der Waals surface area contributed by atoms with Crippen LogP contribution in [0.1, 0.15) is 0 Å². The summed E-state index contributed by atoms with van der Waals surface area (Å²) in [5, 5.41) is 98.9. The highest BCUT2D eigenvalue weighted by atomic mass is 17.2. The number of aliphatic hydroxyl groups excluding tert-OH is 10. The minimum Gasteiger partial charge on any atom is -0.394 e. The third kappa shape index (κ3) is 5.37. The summed E-state index contributed by atoms with van der Waals surface area (Å²) in [7, 11) is 0. The lowest BCUT2D eigenvalue weighted by Gasteiger charge is -2.43. The Labute approximate surface area is 192 Å². The van der Waals surface area contributed by atoms with E-state index in [1.165, 1.54) is 0 Å². The molecule has 13 atom stereocenters. The van der Waals surface area contributed by atoms with E-state index in [9.17, 15) is 51.1 Å². The summed E-state index contributed by atoms with van der Waals surface area (Å²) < 4.78 is 21.1. The fourth-order valence-corrected chi connectivity index (χ4v) is 3.93. The zero-order valence-electron chi connectivity index (χ0n) is 17.9. The molecule has 3 aliphatic heterocycles. The second-order valence-corrected chi connectivity index (χ2v) is 8.33. The van der Waals surface area contributed by atoms with Crippen molar-refractivity contribution in [2.45, 2.75) is 79.2 Å². The van der Waals surface area contributed by atoms with Crippen molar-refractivity contribution < 1.29 is 79.8 Å². The SMILES string of the molecule is OC[C@H]1O[C@@](CO)(O[C@H]2O[C@H](COO[C@@H]3[C@H](O)[C@@H](O)CO[C@@H]3CO)[C@@H](O)[C@H](O)[C@H]2O)[C@@H](O)[C@@H]1O. The van der Waals surface area contributed by atoms with Crippen molar-refractivity contribution in [1.82, 2.24) is 0 Å². The molecule has 3 rings (SSSR count). The van der Waals surface area contributed by atoms with Gasteiger partial charge >= 0.3 is 0 Å². The maximum Gasteiger partial charge on any atom is 0.224 e. The molecule has 0 spiro atoms. The van der Waals surface area contributed by atoms with Gasteiger partial charge in [-0.2, -0.15) is 0 Å². The van der Waals surface area contributed by atoms with Crippen LogP contribution in [0.5, 0.6) is 0 Å². The zero-order valence-corrected chi connectivity index (χ0v) is 17.9. The molecule has 3 heterocycles. The third-order valence-corrected chi connectivity index (χ3v) is 6.06. The molecule has 16 nitrogen and oxygen atoms in total. The van der Waals surface area contributed by atoms with E-state index in [2.05, 4.69) is 0 Å². The zero-order chi connectivity index (χ0) is 25.2. The molecule has 0 saturated carbocycles. The first kappa shape index (κ1) is 27.9. The smallest absolute Gasteiger partial charge is 0.224 e. The van der Waals surface area contributed by atoms with Crippen LogP contribution in [0.4, 0.5) is 0 Å². The van der Waals surface area contributed by atoms with Gasteiger partial charge in [-0.15, -0.1) is 0 Å². The minimum atomic E-state index is -2.34. The molecule has 0 amide bonds. The quantitative estimate of drug-likeness (QED) is 0.103. The molecule has 0 bridgehead atoms. The Morgan fingerprint density at radius 1 is 0.765 bits per heavy atom. The highest BCUT2D eigenvalue weighted by molar-refractivity contribution is 4.98. The predicted molar refractivity (Wildman–Crippen MR) is 101 cm³/mol. The number of hydrogen-bond acceptors (Lipinski definition) is 16. The van der Waals surface area contributed by atoms with E-state index < -0.39 is 106 Å². The molecule has 0 aromatic heterocycles. The van der Waals surface area contributed by atoms with Crippen LogP contribution in [-0.4, -0.2) is 163 Å². The van der Waals surface area contributed by atoms with E-state index in [4.69, 9.17) is 28.7 Å². The van der Waals surface area contributed by atoms with Crippen LogP contribution in [0, 0.1) is 0 Å². The van der Waals surface area contributed by atoms with Crippen LogP contribution < -0.4 is 0 Å². The van der Waals surface area contributed by atoms with Crippen LogP contribution in [0.2, 0.25) is 0 Å². The normalized spacial score (nSPS) is 49.9. The first-order chi connectivity index (χ1) is 16.1. The Morgan fingerprint density at radius 2 is 1.44 bits per heavy atom. The second kappa shape index (κ2) is 11.6. The van der Waals surface area contributed by atoms with Gasteiger partial charge in [0.05, 0.1) is 19.8 Å². The molecule has 3 aliphatic rings.